The number of carbonyl (C=O) groups excluding carboxylic acids is 1. The number of hydrogen-bond donors (Lipinski definition) is 1. The lowest BCUT2D eigenvalue weighted by atomic mass is 9.98. The van der Waals surface area contributed by atoms with Gasteiger partial charge in [-0.1, -0.05) is 34.4 Å². The second-order valence-corrected chi connectivity index (χ2v) is 6.82. The molecule has 1 N–H and O–H groups in total. The lowest BCUT2D eigenvalue weighted by molar-refractivity contribution is -0.0688. The summed E-state index contributed by atoms with van der Waals surface area (Å²) in [5.74, 6) is -0.556. The van der Waals surface area contributed by atoms with Gasteiger partial charge >= 0.3 is 12.1 Å². The summed E-state index contributed by atoms with van der Waals surface area (Å²) in [5, 5.41) is 12.4. The first-order chi connectivity index (χ1) is 13.6. The molecule has 0 unspecified atom stereocenters. The van der Waals surface area contributed by atoms with Gasteiger partial charge in [0, 0.05) is 15.6 Å². The Balaban J connectivity index is 2.54. The van der Waals surface area contributed by atoms with Crippen molar-refractivity contribution in [1.82, 2.24) is 0 Å². The van der Waals surface area contributed by atoms with Crippen LogP contribution in [0.3, 0.4) is 0 Å². The third-order valence-electron chi connectivity index (χ3n) is 3.89. The zero-order valence-electron chi connectivity index (χ0n) is 15.3. The number of alkyl halides is 3. The molecule has 0 saturated carbocycles. The van der Waals surface area contributed by atoms with Crippen LogP contribution < -0.4 is 0 Å². The molecule has 0 spiro atoms. The molecular formula is C20H16Cl2F3NO3. The average Bonchev–Trinajstić information content (AvgIpc) is 2.60. The van der Waals surface area contributed by atoms with E-state index in [0.29, 0.717) is 11.6 Å². The fraction of sp³-hybridized carbons (Fsp3) is 0.200. The first-order valence-corrected chi connectivity index (χ1v) is 9.08. The number of benzene rings is 2. The molecular weight excluding hydrogens is 430 g/mol. The van der Waals surface area contributed by atoms with E-state index in [-0.39, 0.29) is 39.1 Å². The predicted octanol–water partition coefficient (Wildman–Crippen LogP) is 6.30. The molecule has 154 valence electrons. The third-order valence-corrected chi connectivity index (χ3v) is 4.32. The van der Waals surface area contributed by atoms with E-state index in [9.17, 15) is 23.2 Å². The van der Waals surface area contributed by atoms with Crippen molar-refractivity contribution >= 4 is 40.5 Å². The number of oxime groups is 1. The normalized spacial score (nSPS) is 12.8. The molecule has 0 amide bonds. The molecule has 29 heavy (non-hydrogen) atoms. The SMILES string of the molecule is CCOC(=O)c1ccc(C(C=C(c2cc(Cl)cc(Cl)c2)C(F)(F)F)=NO)cc1C. The van der Waals surface area contributed by atoms with E-state index in [1.54, 1.807) is 13.8 Å². The van der Waals surface area contributed by atoms with Crippen LogP contribution in [0.1, 0.15) is 34.0 Å². The number of ether oxygens (including phenoxy) is 1. The molecule has 0 atom stereocenters. The highest BCUT2D eigenvalue weighted by Crippen LogP contribution is 2.36. The average molecular weight is 446 g/mol. The largest absolute Gasteiger partial charge is 0.462 e. The number of allylic oxidation sites excluding steroid dienone is 2. The first kappa shape index (κ1) is 22.8. The minimum Gasteiger partial charge on any atom is -0.462 e. The Labute approximate surface area is 175 Å². The van der Waals surface area contributed by atoms with Gasteiger partial charge in [-0.05, 0) is 61.4 Å². The molecule has 2 rings (SSSR count). The Bertz CT molecular complexity index is 965. The van der Waals surface area contributed by atoms with Crippen LogP contribution in [-0.2, 0) is 4.74 Å². The van der Waals surface area contributed by atoms with Crippen LogP contribution in [0, 0.1) is 6.92 Å². The Kier molecular flexibility index (Phi) is 7.32. The minimum absolute atomic E-state index is 0.0276. The van der Waals surface area contributed by atoms with Gasteiger partial charge in [0.05, 0.1) is 17.7 Å². The van der Waals surface area contributed by atoms with Gasteiger partial charge < -0.3 is 9.94 Å². The van der Waals surface area contributed by atoms with Crippen molar-refractivity contribution in [2.75, 3.05) is 6.61 Å². The molecule has 0 aliphatic rings. The van der Waals surface area contributed by atoms with Crippen LogP contribution >= 0.6 is 23.2 Å². The van der Waals surface area contributed by atoms with Gasteiger partial charge in [0.15, 0.2) is 0 Å². The van der Waals surface area contributed by atoms with Crippen molar-refractivity contribution in [1.29, 1.82) is 0 Å². The van der Waals surface area contributed by atoms with E-state index < -0.39 is 17.7 Å². The van der Waals surface area contributed by atoms with E-state index >= 15 is 0 Å². The number of halogens is 5. The molecule has 4 nitrogen and oxygen atoms in total. The van der Waals surface area contributed by atoms with Gasteiger partial charge in [-0.25, -0.2) is 4.79 Å². The summed E-state index contributed by atoms with van der Waals surface area (Å²) < 4.78 is 45.9. The Morgan fingerprint density at radius 2 is 1.76 bits per heavy atom. The summed E-state index contributed by atoms with van der Waals surface area (Å²) >= 11 is 11.6. The molecule has 0 aromatic heterocycles. The minimum atomic E-state index is -4.77. The predicted molar refractivity (Wildman–Crippen MR) is 106 cm³/mol. The highest BCUT2D eigenvalue weighted by molar-refractivity contribution is 6.35. The van der Waals surface area contributed by atoms with Gasteiger partial charge in [0.25, 0.3) is 0 Å². The standard InChI is InChI=1S/C20H16Cl2F3NO3/c1-3-29-19(27)16-5-4-12(6-11(16)2)18(26-28)10-17(20(23,24)25)13-7-14(21)9-15(22)8-13/h4-10,28H,3H2,1-2H3. The summed E-state index contributed by atoms with van der Waals surface area (Å²) in [5.41, 5.74) is -0.845. The molecule has 0 saturated heterocycles. The molecule has 0 aliphatic carbocycles. The molecule has 0 radical (unpaired) electrons. The summed E-state index contributed by atoms with van der Waals surface area (Å²) in [7, 11) is 0. The van der Waals surface area contributed by atoms with Gasteiger partial charge in [-0.15, -0.1) is 0 Å². The summed E-state index contributed by atoms with van der Waals surface area (Å²) in [6.07, 6.45) is -4.09. The Morgan fingerprint density at radius 3 is 2.24 bits per heavy atom. The number of rotatable bonds is 5. The molecule has 0 bridgehead atoms. The maximum Gasteiger partial charge on any atom is 0.417 e. The number of nitrogens with zero attached hydrogens (tertiary/aromatic N) is 1. The van der Waals surface area contributed by atoms with Gasteiger partial charge in [-0.2, -0.15) is 13.2 Å². The van der Waals surface area contributed by atoms with E-state index in [0.717, 1.165) is 12.1 Å². The van der Waals surface area contributed by atoms with Gasteiger partial charge in [0.2, 0.25) is 0 Å². The van der Waals surface area contributed by atoms with Crippen LogP contribution in [0.15, 0.2) is 47.6 Å². The van der Waals surface area contributed by atoms with E-state index in [1.165, 1.54) is 24.3 Å². The molecule has 9 heteroatoms. The number of esters is 1. The summed E-state index contributed by atoms with van der Waals surface area (Å²) in [4.78, 5) is 11.9. The molecule has 2 aromatic carbocycles. The van der Waals surface area contributed by atoms with Crippen molar-refractivity contribution in [2.24, 2.45) is 5.16 Å². The summed E-state index contributed by atoms with van der Waals surface area (Å²) in [6, 6.07) is 7.71. The molecule has 0 fully saturated rings. The highest BCUT2D eigenvalue weighted by Gasteiger charge is 2.35. The molecule has 0 heterocycles. The Morgan fingerprint density at radius 1 is 1.14 bits per heavy atom. The van der Waals surface area contributed by atoms with Crippen molar-refractivity contribution in [3.8, 4) is 0 Å². The van der Waals surface area contributed by atoms with E-state index in [2.05, 4.69) is 5.16 Å². The van der Waals surface area contributed by atoms with Crippen molar-refractivity contribution < 1.29 is 27.9 Å². The van der Waals surface area contributed by atoms with Gasteiger partial charge in [0.1, 0.15) is 5.71 Å². The second-order valence-electron chi connectivity index (χ2n) is 5.95. The smallest absolute Gasteiger partial charge is 0.417 e. The Hall–Kier alpha value is -2.51. The van der Waals surface area contributed by atoms with E-state index in [4.69, 9.17) is 27.9 Å². The van der Waals surface area contributed by atoms with Crippen molar-refractivity contribution in [3.05, 3.63) is 74.8 Å². The van der Waals surface area contributed by atoms with Gasteiger partial charge in [-0.3, -0.25) is 0 Å². The zero-order valence-corrected chi connectivity index (χ0v) is 16.9. The lowest BCUT2D eigenvalue weighted by Gasteiger charge is -2.14. The first-order valence-electron chi connectivity index (χ1n) is 8.32. The fourth-order valence-corrected chi connectivity index (χ4v) is 3.13. The van der Waals surface area contributed by atoms with Crippen LogP contribution in [0.5, 0.6) is 0 Å². The molecule has 2 aromatic rings. The maximum atomic E-state index is 13.7. The van der Waals surface area contributed by atoms with Crippen molar-refractivity contribution in [2.45, 2.75) is 20.0 Å². The molecule has 0 aliphatic heterocycles. The number of hydrogen-bond acceptors (Lipinski definition) is 4. The van der Waals surface area contributed by atoms with E-state index in [1.807, 2.05) is 0 Å². The van der Waals surface area contributed by atoms with Crippen LogP contribution in [0.25, 0.3) is 5.57 Å². The van der Waals surface area contributed by atoms with Crippen LogP contribution in [-0.4, -0.2) is 29.7 Å². The lowest BCUT2D eigenvalue weighted by Crippen LogP contribution is -2.14. The number of aryl methyl sites for hydroxylation is 1. The third kappa shape index (κ3) is 5.74. The zero-order chi connectivity index (χ0) is 21.8. The second kappa shape index (κ2) is 9.33. The highest BCUT2D eigenvalue weighted by atomic mass is 35.5. The monoisotopic (exact) mass is 445 g/mol. The van der Waals surface area contributed by atoms with Crippen LogP contribution in [0.4, 0.5) is 13.2 Å². The number of carbonyl (C=O) groups is 1. The summed E-state index contributed by atoms with van der Waals surface area (Å²) in [6.45, 7) is 3.43. The van der Waals surface area contributed by atoms with Crippen LogP contribution in [0.2, 0.25) is 10.0 Å². The topological polar surface area (TPSA) is 58.9 Å². The quantitative estimate of drug-likeness (QED) is 0.254. The fourth-order valence-electron chi connectivity index (χ4n) is 2.61. The maximum absolute atomic E-state index is 13.7. The van der Waals surface area contributed by atoms with Crippen molar-refractivity contribution in [3.63, 3.8) is 0 Å².